The molecule has 0 radical (unpaired) electrons. The van der Waals surface area contributed by atoms with Gasteiger partial charge in [0.2, 0.25) is 0 Å². The smallest absolute Gasteiger partial charge is 0.131 e. The maximum absolute atomic E-state index is 4.74. The maximum Gasteiger partial charge on any atom is 0.131 e. The van der Waals surface area contributed by atoms with Crippen LogP contribution in [0.5, 0.6) is 0 Å². The predicted octanol–water partition coefficient (Wildman–Crippen LogP) is 3.81. The summed E-state index contributed by atoms with van der Waals surface area (Å²) < 4.78 is 0. The van der Waals surface area contributed by atoms with Crippen LogP contribution in [-0.4, -0.2) is 47.6 Å². The van der Waals surface area contributed by atoms with Gasteiger partial charge in [-0.05, 0) is 69.3 Å². The number of aryl methyl sites for hydroxylation is 1. The molecule has 0 amide bonds. The normalized spacial score (nSPS) is 21.3. The van der Waals surface area contributed by atoms with E-state index in [2.05, 4.69) is 47.1 Å². The van der Waals surface area contributed by atoms with Crippen molar-refractivity contribution in [2.75, 3.05) is 37.6 Å². The van der Waals surface area contributed by atoms with Gasteiger partial charge in [0.25, 0.3) is 0 Å². The standard InChI is InChI=1S/C22H30N4/c1-18-7-5-9-21(24-18)20-11-16-25(17-20)15-10-19-8-6-12-23-22(19)26-13-3-2-4-14-26/h5-9,12,20H,2-4,10-11,13-17H2,1H3. The lowest BCUT2D eigenvalue weighted by Gasteiger charge is -2.29. The third-order valence-electron chi connectivity index (χ3n) is 5.82. The highest BCUT2D eigenvalue weighted by atomic mass is 15.2. The van der Waals surface area contributed by atoms with Gasteiger partial charge in [-0.2, -0.15) is 0 Å². The first-order valence-corrected chi connectivity index (χ1v) is 10.1. The van der Waals surface area contributed by atoms with Gasteiger partial charge in [0.15, 0.2) is 0 Å². The van der Waals surface area contributed by atoms with Gasteiger partial charge in [0, 0.05) is 49.7 Å². The SMILES string of the molecule is Cc1cccc(C2CCN(CCc3cccnc3N3CCCCC3)C2)n1. The molecule has 0 bridgehead atoms. The van der Waals surface area contributed by atoms with Crippen LogP contribution >= 0.6 is 0 Å². The number of nitrogens with zero attached hydrogens (tertiary/aromatic N) is 4. The zero-order valence-electron chi connectivity index (χ0n) is 15.9. The molecule has 4 heterocycles. The number of anilines is 1. The zero-order valence-corrected chi connectivity index (χ0v) is 15.9. The first kappa shape index (κ1) is 17.5. The van der Waals surface area contributed by atoms with Crippen molar-refractivity contribution < 1.29 is 0 Å². The second kappa shape index (κ2) is 8.17. The lowest BCUT2D eigenvalue weighted by atomic mass is 10.0. The van der Waals surface area contributed by atoms with Crippen LogP contribution in [0.4, 0.5) is 5.82 Å². The van der Waals surface area contributed by atoms with Gasteiger partial charge in [-0.3, -0.25) is 4.98 Å². The molecular formula is C22H30N4. The van der Waals surface area contributed by atoms with Crippen molar-refractivity contribution in [3.05, 3.63) is 53.5 Å². The van der Waals surface area contributed by atoms with Crippen molar-refractivity contribution >= 4 is 5.82 Å². The molecule has 2 fully saturated rings. The molecule has 0 spiro atoms. The molecule has 2 aromatic heterocycles. The molecule has 0 aliphatic carbocycles. The Kier molecular flexibility index (Phi) is 5.49. The fourth-order valence-electron chi connectivity index (χ4n) is 4.36. The van der Waals surface area contributed by atoms with E-state index < -0.39 is 0 Å². The Hall–Kier alpha value is -1.94. The minimum absolute atomic E-state index is 0.588. The van der Waals surface area contributed by atoms with Crippen LogP contribution in [0.2, 0.25) is 0 Å². The lowest BCUT2D eigenvalue weighted by Crippen LogP contribution is -2.31. The van der Waals surface area contributed by atoms with Gasteiger partial charge in [-0.1, -0.05) is 12.1 Å². The fourth-order valence-corrected chi connectivity index (χ4v) is 4.36. The largest absolute Gasteiger partial charge is 0.356 e. The zero-order chi connectivity index (χ0) is 17.8. The van der Waals surface area contributed by atoms with Crippen LogP contribution < -0.4 is 4.90 Å². The number of likely N-dealkylation sites (tertiary alicyclic amines) is 1. The highest BCUT2D eigenvalue weighted by Crippen LogP contribution is 2.27. The first-order chi connectivity index (χ1) is 12.8. The molecule has 4 rings (SSSR count). The summed E-state index contributed by atoms with van der Waals surface area (Å²) in [7, 11) is 0. The molecule has 1 atom stereocenters. The molecule has 0 saturated carbocycles. The van der Waals surface area contributed by atoms with E-state index in [4.69, 9.17) is 9.97 Å². The molecule has 0 N–H and O–H groups in total. The van der Waals surface area contributed by atoms with Crippen molar-refractivity contribution in [2.45, 2.75) is 44.9 Å². The molecular weight excluding hydrogens is 320 g/mol. The first-order valence-electron chi connectivity index (χ1n) is 10.1. The van der Waals surface area contributed by atoms with E-state index in [1.54, 1.807) is 0 Å². The van der Waals surface area contributed by atoms with Crippen LogP contribution in [0.15, 0.2) is 36.5 Å². The topological polar surface area (TPSA) is 32.3 Å². The van der Waals surface area contributed by atoms with E-state index in [0.29, 0.717) is 5.92 Å². The van der Waals surface area contributed by atoms with Gasteiger partial charge in [0.1, 0.15) is 5.82 Å². The third-order valence-corrected chi connectivity index (χ3v) is 5.82. The summed E-state index contributed by atoms with van der Waals surface area (Å²) in [5.74, 6) is 1.81. The van der Waals surface area contributed by atoms with Gasteiger partial charge in [-0.15, -0.1) is 0 Å². The minimum Gasteiger partial charge on any atom is -0.356 e. The Labute approximate surface area is 157 Å². The van der Waals surface area contributed by atoms with Gasteiger partial charge < -0.3 is 9.80 Å². The van der Waals surface area contributed by atoms with Crippen molar-refractivity contribution in [3.63, 3.8) is 0 Å². The Morgan fingerprint density at radius 1 is 1.04 bits per heavy atom. The molecule has 2 aliphatic rings. The van der Waals surface area contributed by atoms with Crippen molar-refractivity contribution in [1.29, 1.82) is 0 Å². The van der Waals surface area contributed by atoms with Gasteiger partial charge >= 0.3 is 0 Å². The fraction of sp³-hybridized carbons (Fsp3) is 0.545. The van der Waals surface area contributed by atoms with E-state index >= 15 is 0 Å². The van der Waals surface area contributed by atoms with E-state index in [-0.39, 0.29) is 0 Å². The number of hydrogen-bond donors (Lipinski definition) is 0. The van der Waals surface area contributed by atoms with Crippen molar-refractivity contribution in [2.24, 2.45) is 0 Å². The van der Waals surface area contributed by atoms with E-state index in [9.17, 15) is 0 Å². The average Bonchev–Trinajstić information content (AvgIpc) is 3.16. The quantitative estimate of drug-likeness (QED) is 0.821. The molecule has 4 nitrogen and oxygen atoms in total. The number of pyridine rings is 2. The number of aromatic nitrogens is 2. The van der Waals surface area contributed by atoms with Crippen LogP contribution in [0.1, 0.15) is 48.6 Å². The molecule has 26 heavy (non-hydrogen) atoms. The number of rotatable bonds is 5. The Morgan fingerprint density at radius 2 is 1.92 bits per heavy atom. The second-order valence-corrected chi connectivity index (χ2v) is 7.77. The lowest BCUT2D eigenvalue weighted by molar-refractivity contribution is 0.338. The highest BCUT2D eigenvalue weighted by Gasteiger charge is 2.25. The summed E-state index contributed by atoms with van der Waals surface area (Å²) in [4.78, 5) is 14.5. The molecule has 2 aromatic rings. The summed E-state index contributed by atoms with van der Waals surface area (Å²) in [5.41, 5.74) is 3.80. The van der Waals surface area contributed by atoms with E-state index in [0.717, 1.165) is 38.3 Å². The molecule has 4 heteroatoms. The third kappa shape index (κ3) is 4.07. The van der Waals surface area contributed by atoms with Crippen LogP contribution in [-0.2, 0) is 6.42 Å². The van der Waals surface area contributed by atoms with E-state index in [1.807, 2.05) is 6.20 Å². The summed E-state index contributed by atoms with van der Waals surface area (Å²) in [6.07, 6.45) is 8.22. The summed E-state index contributed by atoms with van der Waals surface area (Å²) >= 11 is 0. The maximum atomic E-state index is 4.74. The Morgan fingerprint density at radius 3 is 2.77 bits per heavy atom. The van der Waals surface area contributed by atoms with Crippen molar-refractivity contribution in [1.82, 2.24) is 14.9 Å². The second-order valence-electron chi connectivity index (χ2n) is 7.77. The average molecular weight is 351 g/mol. The van der Waals surface area contributed by atoms with E-state index in [1.165, 1.54) is 49.3 Å². The van der Waals surface area contributed by atoms with Gasteiger partial charge in [-0.25, -0.2) is 4.98 Å². The Balaban J connectivity index is 1.36. The minimum atomic E-state index is 0.588. The van der Waals surface area contributed by atoms with Gasteiger partial charge in [0.05, 0.1) is 0 Å². The molecule has 2 aliphatic heterocycles. The van der Waals surface area contributed by atoms with Crippen LogP contribution in [0.3, 0.4) is 0 Å². The molecule has 1 unspecified atom stereocenters. The molecule has 0 aromatic carbocycles. The predicted molar refractivity (Wildman–Crippen MR) is 107 cm³/mol. The summed E-state index contributed by atoms with van der Waals surface area (Å²) in [6, 6.07) is 10.8. The highest BCUT2D eigenvalue weighted by molar-refractivity contribution is 5.47. The summed E-state index contributed by atoms with van der Waals surface area (Å²) in [5, 5.41) is 0. The number of hydrogen-bond acceptors (Lipinski definition) is 4. The Bertz CT molecular complexity index is 724. The molecule has 2 saturated heterocycles. The van der Waals surface area contributed by atoms with Crippen molar-refractivity contribution in [3.8, 4) is 0 Å². The number of piperidine rings is 1. The van der Waals surface area contributed by atoms with Crippen LogP contribution in [0.25, 0.3) is 0 Å². The van der Waals surface area contributed by atoms with Crippen LogP contribution in [0, 0.1) is 6.92 Å². The summed E-state index contributed by atoms with van der Waals surface area (Å²) in [6.45, 7) is 7.84. The monoisotopic (exact) mass is 350 g/mol. The molecule has 138 valence electrons.